The van der Waals surface area contributed by atoms with Crippen molar-refractivity contribution < 1.29 is 0 Å². The molecule has 0 bridgehead atoms. The van der Waals surface area contributed by atoms with Crippen LogP contribution in [0.25, 0.3) is 22.5 Å². The van der Waals surface area contributed by atoms with Crippen LogP contribution in [0.15, 0.2) is 66.7 Å². The zero-order valence-corrected chi connectivity index (χ0v) is 14.6. The molecule has 0 fully saturated rings. The lowest BCUT2D eigenvalue weighted by Gasteiger charge is -2.07. The second-order valence-electron chi connectivity index (χ2n) is 6.30. The van der Waals surface area contributed by atoms with Gasteiger partial charge in [0.15, 0.2) is 0 Å². The molecule has 3 rings (SSSR count). The van der Waals surface area contributed by atoms with E-state index in [0.717, 1.165) is 24.2 Å². The van der Waals surface area contributed by atoms with Gasteiger partial charge in [-0.15, -0.1) is 0 Å². The zero-order chi connectivity index (χ0) is 16.8. The minimum Gasteiger partial charge on any atom is -0.248 e. The Labute approximate surface area is 145 Å². The molecule has 1 heterocycles. The number of hydrogen-bond acceptors (Lipinski definition) is 1. The Hall–Kier alpha value is -2.41. The summed E-state index contributed by atoms with van der Waals surface area (Å²) in [5, 5.41) is 0. The van der Waals surface area contributed by atoms with Gasteiger partial charge in [-0.2, -0.15) is 0 Å². The molecule has 2 aromatic carbocycles. The summed E-state index contributed by atoms with van der Waals surface area (Å²) in [6, 6.07) is 23.9. The zero-order valence-electron chi connectivity index (χ0n) is 14.6. The second kappa shape index (κ2) is 7.92. The van der Waals surface area contributed by atoms with Gasteiger partial charge < -0.3 is 0 Å². The van der Waals surface area contributed by atoms with E-state index >= 15 is 0 Å². The van der Waals surface area contributed by atoms with Gasteiger partial charge in [0.05, 0.1) is 11.4 Å². The number of hydrogen-bond donors (Lipinski definition) is 0. The van der Waals surface area contributed by atoms with Gasteiger partial charge in [-0.3, -0.25) is 0 Å². The van der Waals surface area contributed by atoms with Crippen LogP contribution in [0.3, 0.4) is 0 Å². The van der Waals surface area contributed by atoms with Crippen molar-refractivity contribution in [1.82, 2.24) is 4.98 Å². The molecule has 0 amide bonds. The topological polar surface area (TPSA) is 12.9 Å². The van der Waals surface area contributed by atoms with E-state index in [9.17, 15) is 0 Å². The Kier molecular flexibility index (Phi) is 5.43. The highest BCUT2D eigenvalue weighted by Gasteiger charge is 2.04. The first-order valence-electron chi connectivity index (χ1n) is 8.96. The smallest absolute Gasteiger partial charge is 0.0709 e. The van der Waals surface area contributed by atoms with Crippen LogP contribution in [0.1, 0.15) is 37.8 Å². The predicted octanol–water partition coefficient (Wildman–Crippen LogP) is 6.32. The Morgan fingerprint density at radius 2 is 1.00 bits per heavy atom. The lowest BCUT2D eigenvalue weighted by molar-refractivity contribution is 0.922. The highest BCUT2D eigenvalue weighted by molar-refractivity contribution is 5.66. The maximum atomic E-state index is 4.86. The fraction of sp³-hybridized carbons (Fsp3) is 0.261. The summed E-state index contributed by atoms with van der Waals surface area (Å²) in [4.78, 5) is 4.86. The number of rotatable bonds is 6. The van der Waals surface area contributed by atoms with Crippen molar-refractivity contribution in [2.45, 2.75) is 39.5 Å². The average molecular weight is 315 g/mol. The third-order valence-corrected chi connectivity index (χ3v) is 4.33. The molecule has 1 nitrogen and oxygen atoms in total. The highest BCUT2D eigenvalue weighted by atomic mass is 14.7. The van der Waals surface area contributed by atoms with E-state index in [1.54, 1.807) is 0 Å². The molecule has 122 valence electrons. The Morgan fingerprint density at radius 1 is 0.583 bits per heavy atom. The molecule has 0 aliphatic heterocycles. The Morgan fingerprint density at radius 3 is 1.38 bits per heavy atom. The van der Waals surface area contributed by atoms with Gasteiger partial charge in [0, 0.05) is 11.1 Å². The quantitative estimate of drug-likeness (QED) is 0.518. The molecular weight excluding hydrogens is 290 g/mol. The predicted molar refractivity (Wildman–Crippen MR) is 103 cm³/mol. The van der Waals surface area contributed by atoms with Crippen molar-refractivity contribution in [2.75, 3.05) is 0 Å². The number of aryl methyl sites for hydroxylation is 2. The molecule has 1 heteroatoms. The summed E-state index contributed by atoms with van der Waals surface area (Å²) >= 11 is 0. The average Bonchev–Trinajstić information content (AvgIpc) is 2.64. The SMILES string of the molecule is CCCc1ccc(-c2cccc(-c3ccc(CCC)cc3)n2)cc1. The molecule has 24 heavy (non-hydrogen) atoms. The molecular formula is C23H25N. The van der Waals surface area contributed by atoms with Gasteiger partial charge in [-0.25, -0.2) is 4.98 Å². The van der Waals surface area contributed by atoms with Crippen molar-refractivity contribution in [3.8, 4) is 22.5 Å². The Balaban J connectivity index is 1.85. The molecule has 3 aromatic rings. The van der Waals surface area contributed by atoms with Crippen molar-refractivity contribution >= 4 is 0 Å². The monoisotopic (exact) mass is 315 g/mol. The van der Waals surface area contributed by atoms with E-state index in [1.807, 2.05) is 0 Å². The van der Waals surface area contributed by atoms with E-state index in [1.165, 1.54) is 35.1 Å². The molecule has 1 aromatic heterocycles. The van der Waals surface area contributed by atoms with Gasteiger partial charge in [0.2, 0.25) is 0 Å². The summed E-state index contributed by atoms with van der Waals surface area (Å²) in [6.07, 6.45) is 4.64. The number of benzene rings is 2. The molecule has 0 aliphatic carbocycles. The van der Waals surface area contributed by atoms with Gasteiger partial charge in [0.1, 0.15) is 0 Å². The fourth-order valence-corrected chi connectivity index (χ4v) is 3.02. The molecule has 0 saturated heterocycles. The van der Waals surface area contributed by atoms with Crippen LogP contribution in [-0.4, -0.2) is 4.98 Å². The molecule has 0 spiro atoms. The minimum absolute atomic E-state index is 1.04. The molecule has 0 atom stereocenters. The van der Waals surface area contributed by atoms with Gasteiger partial charge in [0.25, 0.3) is 0 Å². The van der Waals surface area contributed by atoms with E-state index in [0.29, 0.717) is 0 Å². The maximum absolute atomic E-state index is 4.86. The first-order valence-corrected chi connectivity index (χ1v) is 8.96. The van der Waals surface area contributed by atoms with Gasteiger partial charge >= 0.3 is 0 Å². The maximum Gasteiger partial charge on any atom is 0.0709 e. The third kappa shape index (κ3) is 3.91. The standard InChI is InChI=1S/C23H25N/c1-3-6-18-10-14-20(15-11-18)22-8-5-9-23(24-22)21-16-12-19(7-4-2)13-17-21/h5,8-17H,3-4,6-7H2,1-2H3. The summed E-state index contributed by atoms with van der Waals surface area (Å²) in [7, 11) is 0. The number of nitrogens with zero attached hydrogens (tertiary/aromatic N) is 1. The first kappa shape index (κ1) is 16.4. The fourth-order valence-electron chi connectivity index (χ4n) is 3.02. The largest absolute Gasteiger partial charge is 0.248 e. The van der Waals surface area contributed by atoms with Crippen molar-refractivity contribution in [2.24, 2.45) is 0 Å². The molecule has 0 radical (unpaired) electrons. The van der Waals surface area contributed by atoms with Crippen LogP contribution in [0, 0.1) is 0 Å². The normalized spacial score (nSPS) is 10.8. The summed E-state index contributed by atoms with van der Waals surface area (Å²) in [5.74, 6) is 0. The Bertz CT molecular complexity index is 705. The van der Waals surface area contributed by atoms with Crippen molar-refractivity contribution in [3.05, 3.63) is 77.9 Å². The van der Waals surface area contributed by atoms with Crippen LogP contribution in [0.2, 0.25) is 0 Å². The van der Waals surface area contributed by atoms with Crippen molar-refractivity contribution in [1.29, 1.82) is 0 Å². The van der Waals surface area contributed by atoms with Crippen LogP contribution >= 0.6 is 0 Å². The highest BCUT2D eigenvalue weighted by Crippen LogP contribution is 2.23. The molecule has 0 N–H and O–H groups in total. The second-order valence-corrected chi connectivity index (χ2v) is 6.30. The third-order valence-electron chi connectivity index (χ3n) is 4.33. The summed E-state index contributed by atoms with van der Waals surface area (Å²) in [6.45, 7) is 4.43. The first-order chi connectivity index (χ1) is 11.8. The van der Waals surface area contributed by atoms with Crippen LogP contribution < -0.4 is 0 Å². The van der Waals surface area contributed by atoms with E-state index in [-0.39, 0.29) is 0 Å². The number of aromatic nitrogens is 1. The van der Waals surface area contributed by atoms with E-state index in [4.69, 9.17) is 4.98 Å². The molecule has 0 aliphatic rings. The van der Waals surface area contributed by atoms with Crippen LogP contribution in [0.5, 0.6) is 0 Å². The van der Waals surface area contributed by atoms with Gasteiger partial charge in [-0.05, 0) is 36.1 Å². The molecule has 0 saturated carbocycles. The number of pyridine rings is 1. The lowest BCUT2D eigenvalue weighted by Crippen LogP contribution is -1.90. The minimum atomic E-state index is 1.04. The van der Waals surface area contributed by atoms with Gasteiger partial charge in [-0.1, -0.05) is 81.3 Å². The van der Waals surface area contributed by atoms with Crippen molar-refractivity contribution in [3.63, 3.8) is 0 Å². The van der Waals surface area contributed by atoms with E-state index in [2.05, 4.69) is 80.6 Å². The van der Waals surface area contributed by atoms with Crippen LogP contribution in [-0.2, 0) is 12.8 Å². The summed E-state index contributed by atoms with van der Waals surface area (Å²) < 4.78 is 0. The van der Waals surface area contributed by atoms with E-state index < -0.39 is 0 Å². The van der Waals surface area contributed by atoms with Crippen LogP contribution in [0.4, 0.5) is 0 Å². The lowest BCUT2D eigenvalue weighted by atomic mass is 10.0. The summed E-state index contributed by atoms with van der Waals surface area (Å²) in [5.41, 5.74) is 7.22. The molecule has 0 unspecified atom stereocenters.